The standard InChI is InChI=1S/C14H14N2O4S/c1-15(9-13-3-2-8-21-13)14(17)10-20-12-6-4-11(5-7-12)16(18)19/h2-8H,9-10H2,1H3. The van der Waals surface area contributed by atoms with E-state index in [-0.39, 0.29) is 18.2 Å². The molecule has 1 heterocycles. The van der Waals surface area contributed by atoms with Gasteiger partial charge in [0.1, 0.15) is 5.75 Å². The number of nitro groups is 1. The molecule has 0 saturated heterocycles. The average molecular weight is 306 g/mol. The summed E-state index contributed by atoms with van der Waals surface area (Å²) in [6.45, 7) is 0.444. The SMILES string of the molecule is CN(Cc1cccs1)C(=O)COc1ccc([N+](=O)[O-])cc1. The summed E-state index contributed by atoms with van der Waals surface area (Å²) in [5.41, 5.74) is -0.0107. The number of hydrogen-bond donors (Lipinski definition) is 0. The maximum absolute atomic E-state index is 11.9. The van der Waals surface area contributed by atoms with Crippen LogP contribution in [-0.4, -0.2) is 29.4 Å². The van der Waals surface area contributed by atoms with Gasteiger partial charge in [-0.25, -0.2) is 0 Å². The van der Waals surface area contributed by atoms with Crippen LogP contribution in [0.15, 0.2) is 41.8 Å². The molecule has 1 aromatic carbocycles. The molecule has 110 valence electrons. The molecular weight excluding hydrogens is 292 g/mol. The van der Waals surface area contributed by atoms with Crippen LogP contribution >= 0.6 is 11.3 Å². The van der Waals surface area contributed by atoms with Crippen LogP contribution < -0.4 is 4.74 Å². The van der Waals surface area contributed by atoms with Crippen molar-refractivity contribution in [1.29, 1.82) is 0 Å². The molecule has 1 amide bonds. The second-order valence-corrected chi connectivity index (χ2v) is 5.40. The minimum atomic E-state index is -0.482. The topological polar surface area (TPSA) is 72.7 Å². The minimum absolute atomic E-state index is 0.0107. The summed E-state index contributed by atoms with van der Waals surface area (Å²) in [4.78, 5) is 24.6. The highest BCUT2D eigenvalue weighted by atomic mass is 32.1. The van der Waals surface area contributed by atoms with Gasteiger partial charge in [0.25, 0.3) is 11.6 Å². The third kappa shape index (κ3) is 4.28. The number of non-ortho nitro benzene ring substituents is 1. The molecule has 0 bridgehead atoms. The van der Waals surface area contributed by atoms with Crippen molar-refractivity contribution in [1.82, 2.24) is 4.90 Å². The number of amides is 1. The molecule has 6 nitrogen and oxygen atoms in total. The first-order chi connectivity index (χ1) is 10.1. The Kier molecular flexibility index (Phi) is 4.89. The third-order valence-corrected chi connectivity index (χ3v) is 3.67. The monoisotopic (exact) mass is 306 g/mol. The number of carbonyl (C=O) groups is 1. The van der Waals surface area contributed by atoms with Gasteiger partial charge in [-0.1, -0.05) is 6.07 Å². The van der Waals surface area contributed by atoms with Crippen LogP contribution in [0.4, 0.5) is 5.69 Å². The Bertz CT molecular complexity index is 610. The predicted molar refractivity (Wildman–Crippen MR) is 79.4 cm³/mol. The molecule has 21 heavy (non-hydrogen) atoms. The Labute approximate surface area is 125 Å². The molecule has 0 saturated carbocycles. The molecule has 0 N–H and O–H groups in total. The van der Waals surface area contributed by atoms with Gasteiger partial charge in [0, 0.05) is 24.1 Å². The normalized spacial score (nSPS) is 10.1. The number of thiophene rings is 1. The van der Waals surface area contributed by atoms with E-state index >= 15 is 0 Å². The summed E-state index contributed by atoms with van der Waals surface area (Å²) in [7, 11) is 1.71. The number of ether oxygens (including phenoxy) is 1. The highest BCUT2D eigenvalue weighted by Crippen LogP contribution is 2.17. The fraction of sp³-hybridized carbons (Fsp3) is 0.214. The fourth-order valence-corrected chi connectivity index (χ4v) is 2.40. The van der Waals surface area contributed by atoms with Crippen LogP contribution in [0.2, 0.25) is 0 Å². The van der Waals surface area contributed by atoms with Crippen LogP contribution in [0.1, 0.15) is 4.88 Å². The second kappa shape index (κ2) is 6.85. The van der Waals surface area contributed by atoms with Crippen molar-refractivity contribution in [2.45, 2.75) is 6.54 Å². The van der Waals surface area contributed by atoms with Gasteiger partial charge in [0.05, 0.1) is 11.5 Å². The molecule has 0 aliphatic heterocycles. The maximum Gasteiger partial charge on any atom is 0.269 e. The number of likely N-dealkylation sites (N-methyl/N-ethyl adjacent to an activating group) is 1. The van der Waals surface area contributed by atoms with Gasteiger partial charge < -0.3 is 9.64 Å². The van der Waals surface area contributed by atoms with Crippen LogP contribution in [0.5, 0.6) is 5.75 Å². The van der Waals surface area contributed by atoms with Gasteiger partial charge in [0.2, 0.25) is 0 Å². The van der Waals surface area contributed by atoms with Gasteiger partial charge in [-0.15, -0.1) is 11.3 Å². The second-order valence-electron chi connectivity index (χ2n) is 4.37. The molecule has 2 rings (SSSR count). The van der Waals surface area contributed by atoms with Gasteiger partial charge in [-0.2, -0.15) is 0 Å². The number of rotatable bonds is 6. The van der Waals surface area contributed by atoms with Crippen molar-refractivity contribution in [3.8, 4) is 5.75 Å². The minimum Gasteiger partial charge on any atom is -0.484 e. The zero-order chi connectivity index (χ0) is 15.2. The Hall–Kier alpha value is -2.41. The molecule has 0 atom stereocenters. The molecule has 0 unspecified atom stereocenters. The molecular formula is C14H14N2O4S. The number of nitro benzene ring substituents is 1. The van der Waals surface area contributed by atoms with Crippen LogP contribution in [0, 0.1) is 10.1 Å². The molecule has 0 radical (unpaired) electrons. The first-order valence-corrected chi connectivity index (χ1v) is 7.08. The first kappa shape index (κ1) is 15.0. The molecule has 0 aliphatic carbocycles. The summed E-state index contributed by atoms with van der Waals surface area (Å²) >= 11 is 1.59. The van der Waals surface area contributed by atoms with Gasteiger partial charge >= 0.3 is 0 Å². The zero-order valence-corrected chi connectivity index (χ0v) is 12.2. The molecule has 1 aromatic heterocycles. The van der Waals surface area contributed by atoms with Crippen molar-refractivity contribution < 1.29 is 14.5 Å². The average Bonchev–Trinajstić information content (AvgIpc) is 2.98. The lowest BCUT2D eigenvalue weighted by atomic mass is 10.3. The molecule has 2 aromatic rings. The highest BCUT2D eigenvalue weighted by Gasteiger charge is 2.11. The summed E-state index contributed by atoms with van der Waals surface area (Å²) in [5.74, 6) is 0.278. The first-order valence-electron chi connectivity index (χ1n) is 6.20. The Morgan fingerprint density at radius 3 is 2.62 bits per heavy atom. The molecule has 0 spiro atoms. The third-order valence-electron chi connectivity index (χ3n) is 2.81. The van der Waals surface area contributed by atoms with E-state index in [9.17, 15) is 14.9 Å². The highest BCUT2D eigenvalue weighted by molar-refractivity contribution is 7.09. The van der Waals surface area contributed by atoms with Gasteiger partial charge in [-0.05, 0) is 23.6 Å². The number of benzene rings is 1. The fourth-order valence-electron chi connectivity index (χ4n) is 1.64. The van der Waals surface area contributed by atoms with Crippen LogP contribution in [-0.2, 0) is 11.3 Å². The summed E-state index contributed by atoms with van der Waals surface area (Å²) in [5, 5.41) is 12.5. The molecule has 7 heteroatoms. The van der Waals surface area contributed by atoms with Crippen molar-refractivity contribution in [2.75, 3.05) is 13.7 Å². The summed E-state index contributed by atoms with van der Waals surface area (Å²) in [6, 6.07) is 9.54. The van der Waals surface area contributed by atoms with E-state index in [1.165, 1.54) is 24.3 Å². The lowest BCUT2D eigenvalue weighted by Gasteiger charge is -2.16. The van der Waals surface area contributed by atoms with E-state index in [0.717, 1.165) is 4.88 Å². The van der Waals surface area contributed by atoms with Crippen molar-refractivity contribution in [3.05, 3.63) is 56.8 Å². The largest absolute Gasteiger partial charge is 0.484 e. The molecule has 0 fully saturated rings. The Balaban J connectivity index is 1.84. The van der Waals surface area contributed by atoms with Gasteiger partial charge in [0.15, 0.2) is 6.61 Å². The maximum atomic E-state index is 11.9. The summed E-state index contributed by atoms with van der Waals surface area (Å²) < 4.78 is 5.33. The van der Waals surface area contributed by atoms with Crippen molar-refractivity contribution in [2.24, 2.45) is 0 Å². The van der Waals surface area contributed by atoms with E-state index in [0.29, 0.717) is 12.3 Å². The lowest BCUT2D eigenvalue weighted by molar-refractivity contribution is -0.384. The van der Waals surface area contributed by atoms with E-state index in [1.807, 2.05) is 17.5 Å². The van der Waals surface area contributed by atoms with E-state index in [4.69, 9.17) is 4.74 Å². The number of nitrogens with zero attached hydrogens (tertiary/aromatic N) is 2. The smallest absolute Gasteiger partial charge is 0.269 e. The van der Waals surface area contributed by atoms with Crippen molar-refractivity contribution >= 4 is 22.9 Å². The number of carbonyl (C=O) groups excluding carboxylic acids is 1. The van der Waals surface area contributed by atoms with Crippen molar-refractivity contribution in [3.63, 3.8) is 0 Å². The quantitative estimate of drug-likeness (QED) is 0.607. The predicted octanol–water partition coefficient (Wildman–Crippen LogP) is 2.69. The lowest BCUT2D eigenvalue weighted by Crippen LogP contribution is -2.30. The van der Waals surface area contributed by atoms with E-state index < -0.39 is 4.92 Å². The zero-order valence-electron chi connectivity index (χ0n) is 11.4. The Morgan fingerprint density at radius 2 is 2.05 bits per heavy atom. The van der Waals surface area contributed by atoms with E-state index in [2.05, 4.69) is 0 Å². The molecule has 0 aliphatic rings. The van der Waals surface area contributed by atoms with Gasteiger partial charge in [-0.3, -0.25) is 14.9 Å². The number of hydrogen-bond acceptors (Lipinski definition) is 5. The van der Waals surface area contributed by atoms with Crippen LogP contribution in [0.3, 0.4) is 0 Å². The Morgan fingerprint density at radius 1 is 1.33 bits per heavy atom. The van der Waals surface area contributed by atoms with E-state index in [1.54, 1.807) is 23.3 Å². The summed E-state index contributed by atoms with van der Waals surface area (Å²) in [6.07, 6.45) is 0. The van der Waals surface area contributed by atoms with Crippen LogP contribution in [0.25, 0.3) is 0 Å².